The summed E-state index contributed by atoms with van der Waals surface area (Å²) in [4.78, 5) is 25.5. The minimum Gasteiger partial charge on any atom is -0.315 e. The molecule has 1 atom stereocenters. The third-order valence-electron chi connectivity index (χ3n) is 4.62. The van der Waals surface area contributed by atoms with Crippen molar-refractivity contribution < 1.29 is 9.59 Å². The Bertz CT molecular complexity index is 319. The van der Waals surface area contributed by atoms with E-state index in [0.29, 0.717) is 25.3 Å². The molecule has 0 spiro atoms. The number of nitrogens with one attached hydrogen (secondary N) is 1. The monoisotopic (exact) mass is 266 g/mol. The zero-order valence-corrected chi connectivity index (χ0v) is 12.2. The molecule has 19 heavy (non-hydrogen) atoms. The molecule has 2 fully saturated rings. The quantitative estimate of drug-likeness (QED) is 0.791. The van der Waals surface area contributed by atoms with Gasteiger partial charge in [-0.25, -0.2) is 0 Å². The van der Waals surface area contributed by atoms with E-state index in [1.54, 1.807) is 0 Å². The van der Waals surface area contributed by atoms with Crippen molar-refractivity contribution >= 4 is 11.8 Å². The number of nitrogens with zero attached hydrogens (tertiary/aromatic N) is 1. The summed E-state index contributed by atoms with van der Waals surface area (Å²) in [6.45, 7) is 2.54. The summed E-state index contributed by atoms with van der Waals surface area (Å²) < 4.78 is 0. The van der Waals surface area contributed by atoms with Crippen LogP contribution < -0.4 is 5.32 Å². The Morgan fingerprint density at radius 1 is 1.16 bits per heavy atom. The minimum absolute atomic E-state index is 0.0137. The van der Waals surface area contributed by atoms with E-state index in [1.807, 2.05) is 14.0 Å². The molecule has 2 aliphatic rings. The molecule has 1 aliphatic heterocycles. The number of hydrogen-bond donors (Lipinski definition) is 1. The molecule has 2 rings (SSSR count). The van der Waals surface area contributed by atoms with Gasteiger partial charge in [-0.3, -0.25) is 14.5 Å². The number of rotatable bonds is 4. The first-order valence-corrected chi connectivity index (χ1v) is 7.62. The molecule has 0 bridgehead atoms. The van der Waals surface area contributed by atoms with Gasteiger partial charge in [0.1, 0.15) is 0 Å². The topological polar surface area (TPSA) is 49.4 Å². The average molecular weight is 266 g/mol. The smallest absolute Gasteiger partial charge is 0.229 e. The highest BCUT2D eigenvalue weighted by Gasteiger charge is 2.33. The van der Waals surface area contributed by atoms with Gasteiger partial charge < -0.3 is 5.32 Å². The fraction of sp³-hybridized carbons (Fsp3) is 0.867. The van der Waals surface area contributed by atoms with Crippen molar-refractivity contribution in [2.45, 2.75) is 57.9 Å². The Morgan fingerprint density at radius 3 is 2.26 bits per heavy atom. The summed E-state index contributed by atoms with van der Waals surface area (Å²) in [6, 6.07) is 0.265. The van der Waals surface area contributed by atoms with Crippen LogP contribution in [-0.2, 0) is 9.59 Å². The van der Waals surface area contributed by atoms with Crippen LogP contribution >= 0.6 is 0 Å². The van der Waals surface area contributed by atoms with Crippen molar-refractivity contribution in [1.82, 2.24) is 10.2 Å². The van der Waals surface area contributed by atoms with Crippen LogP contribution in [0.15, 0.2) is 0 Å². The number of likely N-dealkylation sites (N-methyl/N-ethyl adjacent to an activating group) is 1. The van der Waals surface area contributed by atoms with Gasteiger partial charge in [-0.2, -0.15) is 0 Å². The molecule has 4 heteroatoms. The van der Waals surface area contributed by atoms with Crippen molar-refractivity contribution in [1.29, 1.82) is 0 Å². The third kappa shape index (κ3) is 3.56. The predicted molar refractivity (Wildman–Crippen MR) is 74.5 cm³/mol. The van der Waals surface area contributed by atoms with Crippen molar-refractivity contribution in [3.8, 4) is 0 Å². The minimum atomic E-state index is 0.0137. The van der Waals surface area contributed by atoms with E-state index in [2.05, 4.69) is 5.32 Å². The van der Waals surface area contributed by atoms with Gasteiger partial charge in [0.25, 0.3) is 0 Å². The van der Waals surface area contributed by atoms with Crippen LogP contribution in [0, 0.1) is 11.8 Å². The van der Waals surface area contributed by atoms with Gasteiger partial charge in [0.05, 0.1) is 0 Å². The van der Waals surface area contributed by atoms with E-state index >= 15 is 0 Å². The normalized spacial score (nSPS) is 24.8. The number of piperidine rings is 1. The maximum Gasteiger partial charge on any atom is 0.229 e. The number of carbonyl (C=O) groups excluding carboxylic acids is 2. The van der Waals surface area contributed by atoms with E-state index in [1.165, 1.54) is 37.0 Å². The van der Waals surface area contributed by atoms with Crippen LogP contribution in [-0.4, -0.2) is 36.3 Å². The molecule has 0 radical (unpaired) electrons. The fourth-order valence-electron chi connectivity index (χ4n) is 3.44. The Balaban J connectivity index is 1.96. The van der Waals surface area contributed by atoms with Crippen molar-refractivity contribution in [2.75, 3.05) is 13.6 Å². The van der Waals surface area contributed by atoms with E-state index in [0.717, 1.165) is 0 Å². The van der Waals surface area contributed by atoms with Crippen LogP contribution in [0.25, 0.3) is 0 Å². The SMILES string of the molecule is CNC(CN1C(=O)CC(C)CC1=O)C1CCCCC1. The van der Waals surface area contributed by atoms with Gasteiger partial charge in [-0.15, -0.1) is 0 Å². The Labute approximate surface area is 115 Å². The highest BCUT2D eigenvalue weighted by atomic mass is 16.2. The maximum atomic E-state index is 12.0. The molecule has 1 unspecified atom stereocenters. The van der Waals surface area contributed by atoms with E-state index < -0.39 is 0 Å². The first-order valence-electron chi connectivity index (χ1n) is 7.62. The molecule has 0 aromatic rings. The van der Waals surface area contributed by atoms with E-state index in [4.69, 9.17) is 0 Å². The van der Waals surface area contributed by atoms with Gasteiger partial charge in [-0.1, -0.05) is 26.2 Å². The summed E-state index contributed by atoms with van der Waals surface area (Å²) in [5.41, 5.74) is 0. The van der Waals surface area contributed by atoms with E-state index in [9.17, 15) is 9.59 Å². The zero-order chi connectivity index (χ0) is 13.8. The molecule has 0 aromatic heterocycles. The Hall–Kier alpha value is -0.900. The van der Waals surface area contributed by atoms with Crippen LogP contribution in [0.2, 0.25) is 0 Å². The number of amides is 2. The summed E-state index contributed by atoms with van der Waals surface area (Å²) in [5.74, 6) is 0.845. The van der Waals surface area contributed by atoms with Crippen LogP contribution in [0.1, 0.15) is 51.9 Å². The highest BCUT2D eigenvalue weighted by molar-refractivity contribution is 5.97. The van der Waals surface area contributed by atoms with Crippen LogP contribution in [0.3, 0.4) is 0 Å². The summed E-state index contributed by atoms with van der Waals surface area (Å²) >= 11 is 0. The summed E-state index contributed by atoms with van der Waals surface area (Å²) in [7, 11) is 1.95. The second-order valence-electron chi connectivity index (χ2n) is 6.20. The lowest BCUT2D eigenvalue weighted by Crippen LogP contribution is -2.51. The van der Waals surface area contributed by atoms with Gasteiger partial charge in [0, 0.05) is 25.4 Å². The van der Waals surface area contributed by atoms with Gasteiger partial charge in [-0.05, 0) is 31.7 Å². The Kier molecular flexibility index (Phi) is 4.97. The summed E-state index contributed by atoms with van der Waals surface area (Å²) in [5, 5.41) is 3.33. The molecule has 1 saturated heterocycles. The fourth-order valence-corrected chi connectivity index (χ4v) is 3.44. The van der Waals surface area contributed by atoms with Crippen molar-refractivity contribution in [2.24, 2.45) is 11.8 Å². The third-order valence-corrected chi connectivity index (χ3v) is 4.62. The largest absolute Gasteiger partial charge is 0.315 e. The van der Waals surface area contributed by atoms with Crippen molar-refractivity contribution in [3.63, 3.8) is 0 Å². The molecule has 2 amide bonds. The summed E-state index contributed by atoms with van der Waals surface area (Å²) in [6.07, 6.45) is 7.37. The number of carbonyl (C=O) groups is 2. The van der Waals surface area contributed by atoms with Crippen LogP contribution in [0.5, 0.6) is 0 Å². The lowest BCUT2D eigenvalue weighted by Gasteiger charge is -2.35. The highest BCUT2D eigenvalue weighted by Crippen LogP contribution is 2.28. The zero-order valence-electron chi connectivity index (χ0n) is 12.2. The van der Waals surface area contributed by atoms with Gasteiger partial charge in [0.15, 0.2) is 0 Å². The van der Waals surface area contributed by atoms with Gasteiger partial charge in [0.2, 0.25) is 11.8 Å². The number of imide groups is 1. The van der Waals surface area contributed by atoms with E-state index in [-0.39, 0.29) is 23.8 Å². The average Bonchev–Trinajstić information content (AvgIpc) is 2.39. The maximum absolute atomic E-state index is 12.0. The van der Waals surface area contributed by atoms with Gasteiger partial charge >= 0.3 is 0 Å². The number of hydrogen-bond acceptors (Lipinski definition) is 3. The first-order chi connectivity index (χ1) is 9.11. The lowest BCUT2D eigenvalue weighted by atomic mass is 9.83. The predicted octanol–water partition coefficient (Wildman–Crippen LogP) is 1.94. The lowest BCUT2D eigenvalue weighted by molar-refractivity contribution is -0.150. The molecule has 1 N–H and O–H groups in total. The second kappa shape index (κ2) is 6.51. The number of likely N-dealkylation sites (tertiary alicyclic amines) is 1. The molecule has 0 aromatic carbocycles. The van der Waals surface area contributed by atoms with Crippen molar-refractivity contribution in [3.05, 3.63) is 0 Å². The standard InChI is InChI=1S/C15H26N2O2/c1-11-8-14(18)17(15(19)9-11)10-13(16-2)12-6-4-3-5-7-12/h11-13,16H,3-10H2,1-2H3. The molecular formula is C15H26N2O2. The first kappa shape index (κ1) is 14.5. The Morgan fingerprint density at radius 2 is 1.74 bits per heavy atom. The molecule has 1 saturated carbocycles. The molecule has 1 aliphatic carbocycles. The molecular weight excluding hydrogens is 240 g/mol. The molecule has 4 nitrogen and oxygen atoms in total. The van der Waals surface area contributed by atoms with Crippen LogP contribution in [0.4, 0.5) is 0 Å². The molecule has 108 valence electrons. The second-order valence-corrected chi connectivity index (χ2v) is 6.20. The molecule has 1 heterocycles.